The third-order valence-corrected chi connectivity index (χ3v) is 5.18. The van der Waals surface area contributed by atoms with Gasteiger partial charge in [0.15, 0.2) is 0 Å². The summed E-state index contributed by atoms with van der Waals surface area (Å²) in [5.41, 5.74) is 5.05. The summed E-state index contributed by atoms with van der Waals surface area (Å²) in [6.07, 6.45) is 12.1. The molecule has 1 aliphatic rings. The second-order valence-corrected chi connectivity index (χ2v) is 6.77. The maximum atomic E-state index is 5.35. The van der Waals surface area contributed by atoms with Gasteiger partial charge in [-0.25, -0.2) is 0 Å². The van der Waals surface area contributed by atoms with Gasteiger partial charge in [-0.3, -0.25) is 0 Å². The van der Waals surface area contributed by atoms with E-state index in [0.717, 1.165) is 6.61 Å². The molecule has 0 amide bonds. The molecule has 0 aliphatic heterocycles. The van der Waals surface area contributed by atoms with Gasteiger partial charge in [-0.15, -0.1) is 0 Å². The molecule has 0 unspecified atom stereocenters. The highest BCUT2D eigenvalue weighted by atomic mass is 16.5. The molecule has 0 saturated heterocycles. The van der Waals surface area contributed by atoms with Crippen molar-refractivity contribution in [1.29, 1.82) is 0 Å². The van der Waals surface area contributed by atoms with E-state index in [4.69, 9.17) is 4.74 Å². The molecule has 21 heavy (non-hydrogen) atoms. The van der Waals surface area contributed by atoms with E-state index in [9.17, 15) is 0 Å². The van der Waals surface area contributed by atoms with Crippen LogP contribution in [0, 0.1) is 0 Å². The fourth-order valence-electron chi connectivity index (χ4n) is 4.02. The van der Waals surface area contributed by atoms with E-state index in [0.29, 0.717) is 5.41 Å². The average Bonchev–Trinajstić information content (AvgIpc) is 2.52. The molecule has 2 rings (SSSR count). The Bertz CT molecular complexity index is 427. The molecular formula is C20H32O. The fourth-order valence-corrected chi connectivity index (χ4v) is 4.02. The Morgan fingerprint density at radius 2 is 1.81 bits per heavy atom. The van der Waals surface area contributed by atoms with Gasteiger partial charge < -0.3 is 4.74 Å². The number of aryl methyl sites for hydroxylation is 1. The van der Waals surface area contributed by atoms with Crippen molar-refractivity contribution in [3.8, 4) is 0 Å². The summed E-state index contributed by atoms with van der Waals surface area (Å²) in [4.78, 5) is 0. The van der Waals surface area contributed by atoms with E-state index in [1.807, 2.05) is 0 Å². The minimum Gasteiger partial charge on any atom is -0.380 e. The molecule has 1 aliphatic carbocycles. The molecule has 1 aromatic carbocycles. The molecule has 0 saturated carbocycles. The largest absolute Gasteiger partial charge is 0.380 e. The minimum atomic E-state index is 0.448. The second-order valence-electron chi connectivity index (χ2n) is 6.77. The Labute approximate surface area is 131 Å². The van der Waals surface area contributed by atoms with Crippen LogP contribution in [0.4, 0.5) is 0 Å². The van der Waals surface area contributed by atoms with Crippen molar-refractivity contribution in [3.05, 3.63) is 34.9 Å². The Hall–Kier alpha value is -0.820. The molecule has 0 N–H and O–H groups in total. The van der Waals surface area contributed by atoms with Crippen LogP contribution in [0.25, 0.3) is 0 Å². The summed E-state index contributed by atoms with van der Waals surface area (Å²) in [5, 5.41) is 0. The standard InChI is InChI=1S/C20H32O/c1-4-6-12-20(13-7-5-2)14-8-9-18-11-10-17(16-21-3)15-19(18)20/h10-11,15H,4-9,12-14,16H2,1-3H3. The van der Waals surface area contributed by atoms with Crippen molar-refractivity contribution >= 4 is 0 Å². The van der Waals surface area contributed by atoms with Gasteiger partial charge in [0.05, 0.1) is 6.61 Å². The van der Waals surface area contributed by atoms with Gasteiger partial charge >= 0.3 is 0 Å². The van der Waals surface area contributed by atoms with E-state index in [1.165, 1.54) is 63.4 Å². The lowest BCUT2D eigenvalue weighted by Gasteiger charge is -2.40. The number of benzene rings is 1. The second kappa shape index (κ2) is 7.98. The molecule has 0 bridgehead atoms. The van der Waals surface area contributed by atoms with Crippen molar-refractivity contribution in [3.63, 3.8) is 0 Å². The van der Waals surface area contributed by atoms with Gasteiger partial charge in [0.25, 0.3) is 0 Å². The molecule has 0 heterocycles. The van der Waals surface area contributed by atoms with Gasteiger partial charge in [0.1, 0.15) is 0 Å². The molecule has 0 radical (unpaired) electrons. The first-order valence-electron chi connectivity index (χ1n) is 8.87. The number of hydrogen-bond donors (Lipinski definition) is 0. The summed E-state index contributed by atoms with van der Waals surface area (Å²) in [5.74, 6) is 0. The molecule has 0 aromatic heterocycles. The van der Waals surface area contributed by atoms with Crippen LogP contribution < -0.4 is 0 Å². The molecule has 118 valence electrons. The zero-order chi connectivity index (χ0) is 15.1. The Balaban J connectivity index is 2.34. The summed E-state index contributed by atoms with van der Waals surface area (Å²) in [6, 6.07) is 7.09. The molecule has 0 spiro atoms. The van der Waals surface area contributed by atoms with Crippen molar-refractivity contribution in [2.75, 3.05) is 7.11 Å². The van der Waals surface area contributed by atoms with Crippen LogP contribution in [0.15, 0.2) is 18.2 Å². The normalized spacial score (nSPS) is 16.7. The minimum absolute atomic E-state index is 0.448. The van der Waals surface area contributed by atoms with E-state index >= 15 is 0 Å². The lowest BCUT2D eigenvalue weighted by atomic mass is 9.64. The van der Waals surface area contributed by atoms with Crippen LogP contribution >= 0.6 is 0 Å². The van der Waals surface area contributed by atoms with Crippen LogP contribution in [0.3, 0.4) is 0 Å². The first kappa shape index (κ1) is 16.5. The monoisotopic (exact) mass is 288 g/mol. The zero-order valence-corrected chi connectivity index (χ0v) is 14.2. The highest BCUT2D eigenvalue weighted by Gasteiger charge is 2.35. The van der Waals surface area contributed by atoms with Gasteiger partial charge in [0.2, 0.25) is 0 Å². The summed E-state index contributed by atoms with van der Waals surface area (Å²) in [6.45, 7) is 5.38. The van der Waals surface area contributed by atoms with Crippen LogP contribution in [-0.4, -0.2) is 7.11 Å². The van der Waals surface area contributed by atoms with E-state index in [-0.39, 0.29) is 0 Å². The Kier molecular flexibility index (Phi) is 6.29. The van der Waals surface area contributed by atoms with Crippen molar-refractivity contribution < 1.29 is 4.74 Å². The molecule has 1 heteroatoms. The number of hydrogen-bond acceptors (Lipinski definition) is 1. The van der Waals surface area contributed by atoms with Crippen LogP contribution in [0.5, 0.6) is 0 Å². The topological polar surface area (TPSA) is 9.23 Å². The Morgan fingerprint density at radius 3 is 2.43 bits per heavy atom. The number of fused-ring (bicyclic) bond motifs is 1. The molecular weight excluding hydrogens is 256 g/mol. The maximum Gasteiger partial charge on any atom is 0.0713 e. The van der Waals surface area contributed by atoms with Gasteiger partial charge in [-0.2, -0.15) is 0 Å². The quantitative estimate of drug-likeness (QED) is 0.588. The molecule has 0 atom stereocenters. The third kappa shape index (κ3) is 3.88. The first-order chi connectivity index (χ1) is 10.3. The number of methoxy groups -OCH3 is 1. The van der Waals surface area contributed by atoms with Crippen LogP contribution in [-0.2, 0) is 23.2 Å². The average molecular weight is 288 g/mol. The van der Waals surface area contributed by atoms with Gasteiger partial charge in [-0.1, -0.05) is 57.7 Å². The Morgan fingerprint density at radius 1 is 1.10 bits per heavy atom. The van der Waals surface area contributed by atoms with Crippen LogP contribution in [0.1, 0.15) is 81.9 Å². The fraction of sp³-hybridized carbons (Fsp3) is 0.700. The van der Waals surface area contributed by atoms with E-state index in [1.54, 1.807) is 18.2 Å². The van der Waals surface area contributed by atoms with Gasteiger partial charge in [-0.05, 0) is 54.2 Å². The summed E-state index contributed by atoms with van der Waals surface area (Å²) >= 11 is 0. The highest BCUT2D eigenvalue weighted by molar-refractivity contribution is 5.40. The third-order valence-electron chi connectivity index (χ3n) is 5.18. The first-order valence-corrected chi connectivity index (χ1v) is 8.87. The number of rotatable bonds is 8. The predicted molar refractivity (Wildman–Crippen MR) is 90.8 cm³/mol. The number of ether oxygens (including phenoxy) is 1. The molecule has 1 nitrogen and oxygen atoms in total. The highest BCUT2D eigenvalue weighted by Crippen LogP contribution is 2.45. The van der Waals surface area contributed by atoms with E-state index in [2.05, 4.69) is 32.0 Å². The number of unbranched alkanes of at least 4 members (excludes halogenated alkanes) is 2. The SMILES string of the molecule is CCCCC1(CCCC)CCCc2ccc(COC)cc21. The predicted octanol–water partition coefficient (Wildman–Crippen LogP) is 5.79. The molecule has 1 aromatic rings. The van der Waals surface area contributed by atoms with Crippen molar-refractivity contribution in [1.82, 2.24) is 0 Å². The lowest BCUT2D eigenvalue weighted by Crippen LogP contribution is -2.31. The zero-order valence-electron chi connectivity index (χ0n) is 14.2. The van der Waals surface area contributed by atoms with Crippen molar-refractivity contribution in [2.24, 2.45) is 0 Å². The molecule has 0 fully saturated rings. The van der Waals surface area contributed by atoms with Crippen LogP contribution in [0.2, 0.25) is 0 Å². The van der Waals surface area contributed by atoms with Gasteiger partial charge in [0, 0.05) is 7.11 Å². The van der Waals surface area contributed by atoms with E-state index < -0.39 is 0 Å². The van der Waals surface area contributed by atoms with Crippen molar-refractivity contribution in [2.45, 2.75) is 83.7 Å². The maximum absolute atomic E-state index is 5.35. The summed E-state index contributed by atoms with van der Waals surface area (Å²) < 4.78 is 5.35. The smallest absolute Gasteiger partial charge is 0.0713 e. The lowest BCUT2D eigenvalue weighted by molar-refractivity contribution is 0.184. The summed E-state index contributed by atoms with van der Waals surface area (Å²) in [7, 11) is 1.79.